The normalized spacial score (nSPS) is 15.1. The van der Waals surface area contributed by atoms with Crippen LogP contribution < -0.4 is 5.73 Å². The molecule has 84 valence electrons. The maximum absolute atomic E-state index is 9.00. The van der Waals surface area contributed by atoms with Crippen LogP contribution in [0.4, 0.5) is 0 Å². The Morgan fingerprint density at radius 1 is 1.13 bits per heavy atom. The highest BCUT2D eigenvalue weighted by Crippen LogP contribution is 2.27. The smallest absolute Gasteiger partial charge is 0.0451 e. The first kappa shape index (κ1) is 12.2. The number of aliphatic hydroxyl groups is 1. The molecule has 0 aliphatic rings. The summed E-state index contributed by atoms with van der Waals surface area (Å²) in [7, 11) is 0. The summed E-state index contributed by atoms with van der Waals surface area (Å²) in [4.78, 5) is 0. The van der Waals surface area contributed by atoms with E-state index in [2.05, 4.69) is 32.9 Å². The van der Waals surface area contributed by atoms with E-state index in [0.29, 0.717) is 6.42 Å². The van der Waals surface area contributed by atoms with Gasteiger partial charge < -0.3 is 10.8 Å². The highest BCUT2D eigenvalue weighted by molar-refractivity contribution is 5.40. The van der Waals surface area contributed by atoms with Gasteiger partial charge in [0, 0.05) is 12.1 Å². The molecule has 0 aliphatic carbocycles. The lowest BCUT2D eigenvalue weighted by Crippen LogP contribution is -2.35. The molecule has 0 aliphatic heterocycles. The fourth-order valence-electron chi connectivity index (χ4n) is 1.94. The number of hydrogen-bond acceptors (Lipinski definition) is 2. The van der Waals surface area contributed by atoms with Gasteiger partial charge in [0.05, 0.1) is 0 Å². The molecule has 0 amide bonds. The molecule has 1 aromatic carbocycles. The fourth-order valence-corrected chi connectivity index (χ4v) is 1.94. The Morgan fingerprint density at radius 2 is 1.67 bits per heavy atom. The van der Waals surface area contributed by atoms with Crippen LogP contribution in [0, 0.1) is 20.8 Å². The van der Waals surface area contributed by atoms with Gasteiger partial charge in [0.1, 0.15) is 0 Å². The van der Waals surface area contributed by atoms with Gasteiger partial charge in [0.25, 0.3) is 0 Å². The molecule has 3 N–H and O–H groups in total. The summed E-state index contributed by atoms with van der Waals surface area (Å²) in [6.45, 7) is 8.36. The molecule has 1 aromatic rings. The second-order valence-corrected chi connectivity index (χ2v) is 4.64. The van der Waals surface area contributed by atoms with E-state index in [0.717, 1.165) is 5.56 Å². The molecule has 2 nitrogen and oxygen atoms in total. The molecule has 0 radical (unpaired) electrons. The Balaban J connectivity index is 3.19. The van der Waals surface area contributed by atoms with Gasteiger partial charge in [0.2, 0.25) is 0 Å². The van der Waals surface area contributed by atoms with Crippen LogP contribution in [0.1, 0.15) is 35.6 Å². The molecule has 0 saturated heterocycles. The average molecular weight is 207 g/mol. The minimum absolute atomic E-state index is 0.124. The van der Waals surface area contributed by atoms with Crippen molar-refractivity contribution in [3.05, 3.63) is 34.4 Å². The summed E-state index contributed by atoms with van der Waals surface area (Å²) in [6.07, 6.45) is 0.594. The number of benzene rings is 1. The lowest BCUT2D eigenvalue weighted by Gasteiger charge is -2.27. The Morgan fingerprint density at radius 3 is 2.20 bits per heavy atom. The van der Waals surface area contributed by atoms with Gasteiger partial charge in [-0.2, -0.15) is 0 Å². The highest BCUT2D eigenvalue weighted by Gasteiger charge is 2.22. The quantitative estimate of drug-likeness (QED) is 0.798. The van der Waals surface area contributed by atoms with Crippen LogP contribution in [0.25, 0.3) is 0 Å². The Kier molecular flexibility index (Phi) is 3.53. The first-order chi connectivity index (χ1) is 6.88. The second-order valence-electron chi connectivity index (χ2n) is 4.64. The van der Waals surface area contributed by atoms with E-state index in [1.165, 1.54) is 16.7 Å². The topological polar surface area (TPSA) is 46.2 Å². The van der Waals surface area contributed by atoms with Crippen molar-refractivity contribution in [2.24, 2.45) is 5.73 Å². The van der Waals surface area contributed by atoms with Crippen LogP contribution in [0.5, 0.6) is 0 Å². The van der Waals surface area contributed by atoms with Crippen LogP contribution in [-0.2, 0) is 5.54 Å². The summed E-state index contributed by atoms with van der Waals surface area (Å²) >= 11 is 0. The SMILES string of the molecule is Cc1cc(C)c(C(C)(N)CCO)cc1C. The zero-order chi connectivity index (χ0) is 11.6. The molecule has 1 atom stereocenters. The first-order valence-corrected chi connectivity index (χ1v) is 5.36. The van der Waals surface area contributed by atoms with Crippen LogP contribution in [-0.4, -0.2) is 11.7 Å². The van der Waals surface area contributed by atoms with Gasteiger partial charge in [-0.1, -0.05) is 12.1 Å². The third-order valence-corrected chi connectivity index (χ3v) is 3.09. The Bertz CT molecular complexity index is 356. The molecule has 1 unspecified atom stereocenters. The van der Waals surface area contributed by atoms with Gasteiger partial charge in [-0.15, -0.1) is 0 Å². The summed E-state index contributed by atoms with van der Waals surface area (Å²) in [5, 5.41) is 9.00. The molecule has 0 spiro atoms. The van der Waals surface area contributed by atoms with Crippen molar-refractivity contribution >= 4 is 0 Å². The van der Waals surface area contributed by atoms with E-state index in [-0.39, 0.29) is 6.61 Å². The van der Waals surface area contributed by atoms with Crippen molar-refractivity contribution in [3.8, 4) is 0 Å². The van der Waals surface area contributed by atoms with E-state index in [4.69, 9.17) is 10.8 Å². The van der Waals surface area contributed by atoms with Gasteiger partial charge in [-0.25, -0.2) is 0 Å². The largest absolute Gasteiger partial charge is 0.396 e. The highest BCUT2D eigenvalue weighted by atomic mass is 16.3. The molecule has 1 rings (SSSR count). The standard InChI is InChI=1S/C13H21NO/c1-9-7-11(3)12(8-10(9)2)13(4,14)5-6-15/h7-8,15H,5-6,14H2,1-4H3. The lowest BCUT2D eigenvalue weighted by atomic mass is 9.85. The van der Waals surface area contributed by atoms with Gasteiger partial charge in [-0.3, -0.25) is 0 Å². The van der Waals surface area contributed by atoms with E-state index in [1.54, 1.807) is 0 Å². The molecule has 0 fully saturated rings. The van der Waals surface area contributed by atoms with Crippen molar-refractivity contribution in [2.75, 3.05) is 6.61 Å². The molecule has 0 bridgehead atoms. The summed E-state index contributed by atoms with van der Waals surface area (Å²) in [5.41, 5.74) is 10.7. The molecule has 0 saturated carbocycles. The van der Waals surface area contributed by atoms with Gasteiger partial charge in [-0.05, 0) is 56.4 Å². The maximum Gasteiger partial charge on any atom is 0.0451 e. The second kappa shape index (κ2) is 4.33. The number of hydrogen-bond donors (Lipinski definition) is 2. The third kappa shape index (κ3) is 2.58. The van der Waals surface area contributed by atoms with Crippen molar-refractivity contribution in [1.29, 1.82) is 0 Å². The van der Waals surface area contributed by atoms with Crippen molar-refractivity contribution in [3.63, 3.8) is 0 Å². The molecular weight excluding hydrogens is 186 g/mol. The van der Waals surface area contributed by atoms with E-state index in [1.807, 2.05) is 6.92 Å². The van der Waals surface area contributed by atoms with E-state index >= 15 is 0 Å². The summed E-state index contributed by atoms with van der Waals surface area (Å²) < 4.78 is 0. The Labute approximate surface area is 92.1 Å². The molecule has 2 heteroatoms. The van der Waals surface area contributed by atoms with Crippen LogP contribution in [0.2, 0.25) is 0 Å². The zero-order valence-corrected chi connectivity index (χ0v) is 10.1. The third-order valence-electron chi connectivity index (χ3n) is 3.09. The van der Waals surface area contributed by atoms with Gasteiger partial charge in [0.15, 0.2) is 0 Å². The Hall–Kier alpha value is -0.860. The molecule has 0 heterocycles. The van der Waals surface area contributed by atoms with E-state index < -0.39 is 5.54 Å². The minimum Gasteiger partial charge on any atom is -0.396 e. The average Bonchev–Trinajstić information content (AvgIpc) is 2.11. The first-order valence-electron chi connectivity index (χ1n) is 5.36. The van der Waals surface area contributed by atoms with Gasteiger partial charge >= 0.3 is 0 Å². The minimum atomic E-state index is -0.433. The van der Waals surface area contributed by atoms with Crippen molar-refractivity contribution in [2.45, 2.75) is 39.7 Å². The van der Waals surface area contributed by atoms with Crippen LogP contribution in [0.15, 0.2) is 12.1 Å². The zero-order valence-electron chi connectivity index (χ0n) is 10.1. The predicted molar refractivity (Wildman–Crippen MR) is 63.9 cm³/mol. The number of rotatable bonds is 3. The number of nitrogens with two attached hydrogens (primary N) is 1. The summed E-state index contributed by atoms with van der Waals surface area (Å²) in [6, 6.07) is 4.30. The molecule has 0 aromatic heterocycles. The molecule has 15 heavy (non-hydrogen) atoms. The van der Waals surface area contributed by atoms with Crippen LogP contribution >= 0.6 is 0 Å². The van der Waals surface area contributed by atoms with Crippen molar-refractivity contribution < 1.29 is 5.11 Å². The number of aryl methyl sites for hydroxylation is 3. The predicted octanol–water partition coefficient (Wildman–Crippen LogP) is 2.17. The summed E-state index contributed by atoms with van der Waals surface area (Å²) in [5.74, 6) is 0. The van der Waals surface area contributed by atoms with E-state index in [9.17, 15) is 0 Å². The van der Waals surface area contributed by atoms with Crippen molar-refractivity contribution in [1.82, 2.24) is 0 Å². The fraction of sp³-hybridized carbons (Fsp3) is 0.538. The van der Waals surface area contributed by atoms with Crippen LogP contribution in [0.3, 0.4) is 0 Å². The number of aliphatic hydroxyl groups excluding tert-OH is 1. The lowest BCUT2D eigenvalue weighted by molar-refractivity contribution is 0.247. The maximum atomic E-state index is 9.00. The molecular formula is C13H21NO. The monoisotopic (exact) mass is 207 g/mol.